The largest absolute Gasteiger partial charge is 0.502 e. The monoisotopic (exact) mass is 590 g/mol. The molecule has 4 aliphatic heterocycles. The summed E-state index contributed by atoms with van der Waals surface area (Å²) in [5.41, 5.74) is 2.18. The molecule has 228 valence electrons. The number of hydrogen-bond acceptors (Lipinski definition) is 13. The number of hydrogen-bond donors (Lipinski definition) is 4. The standard InChI is InChI=1S/C29H34O13/c1-11-36-9-20-27(40-11)24(31)25(32)29(41-20)42-26-14-7-17-16(38-10-39-17)6-13(14)21(22-15(26)8-37-28(22)33)12-4-18(34-2)23(30)19(5-12)35-3/h4-7,11,15,20-22,24-33H,8-10H2,1-3H3/t11?,15-,20?,21+,22-,24?,25?,26+,27?,28?,29?/m0/s1. The van der Waals surface area contributed by atoms with Gasteiger partial charge in [-0.25, -0.2) is 0 Å². The van der Waals surface area contributed by atoms with Crippen molar-refractivity contribution < 1.29 is 63.1 Å². The molecular formula is C29H34O13. The lowest BCUT2D eigenvalue weighted by atomic mass is 9.65. The first-order valence-electron chi connectivity index (χ1n) is 13.9. The minimum absolute atomic E-state index is 0.0476. The van der Waals surface area contributed by atoms with Crippen molar-refractivity contribution in [3.63, 3.8) is 0 Å². The summed E-state index contributed by atoms with van der Waals surface area (Å²) in [7, 11) is 2.89. The molecule has 1 aliphatic carbocycles. The molecule has 3 fully saturated rings. The van der Waals surface area contributed by atoms with Crippen LogP contribution in [0.5, 0.6) is 28.7 Å². The summed E-state index contributed by atoms with van der Waals surface area (Å²) in [6, 6.07) is 7.08. The Morgan fingerprint density at radius 1 is 0.833 bits per heavy atom. The zero-order chi connectivity index (χ0) is 29.3. The van der Waals surface area contributed by atoms with Crippen LogP contribution in [0.3, 0.4) is 0 Å². The van der Waals surface area contributed by atoms with Crippen LogP contribution in [0.15, 0.2) is 24.3 Å². The SMILES string of the molecule is COc1cc([C@@H]2c3cc4c(cc3[C@@H](OC3OC5COC(C)OC5C(O)C3O)[C@H]3COC(O)[C@H]23)OCO4)cc(OC)c1O. The normalized spacial score (nSPS) is 38.4. The molecule has 0 bridgehead atoms. The third kappa shape index (κ3) is 4.38. The van der Waals surface area contributed by atoms with Crippen molar-refractivity contribution in [1.82, 2.24) is 0 Å². The van der Waals surface area contributed by atoms with Crippen LogP contribution in [-0.4, -0.2) is 97.9 Å². The van der Waals surface area contributed by atoms with Gasteiger partial charge in [-0.15, -0.1) is 0 Å². The minimum Gasteiger partial charge on any atom is -0.502 e. The average molecular weight is 591 g/mol. The summed E-state index contributed by atoms with van der Waals surface area (Å²) in [5, 5.41) is 43.7. The number of ether oxygens (including phenoxy) is 9. The second-order valence-corrected chi connectivity index (χ2v) is 11.1. The van der Waals surface area contributed by atoms with Gasteiger partial charge in [0.05, 0.1) is 33.5 Å². The Labute approximate surface area is 241 Å². The van der Waals surface area contributed by atoms with Crippen molar-refractivity contribution in [1.29, 1.82) is 0 Å². The van der Waals surface area contributed by atoms with Gasteiger partial charge < -0.3 is 63.1 Å². The maximum Gasteiger partial charge on any atom is 0.231 e. The van der Waals surface area contributed by atoms with E-state index in [4.69, 9.17) is 42.6 Å². The molecule has 0 radical (unpaired) electrons. The van der Waals surface area contributed by atoms with E-state index < -0.39 is 67.1 Å². The molecule has 13 nitrogen and oxygen atoms in total. The number of phenols is 1. The van der Waals surface area contributed by atoms with Crippen molar-refractivity contribution in [3.8, 4) is 28.7 Å². The average Bonchev–Trinajstić information content (AvgIpc) is 3.61. The third-order valence-electron chi connectivity index (χ3n) is 8.90. The fourth-order valence-corrected chi connectivity index (χ4v) is 6.90. The van der Waals surface area contributed by atoms with Crippen molar-refractivity contribution in [2.75, 3.05) is 34.2 Å². The van der Waals surface area contributed by atoms with Crippen LogP contribution in [0, 0.1) is 11.8 Å². The molecule has 0 aromatic heterocycles. The highest BCUT2D eigenvalue weighted by Gasteiger charge is 2.55. The lowest BCUT2D eigenvalue weighted by Crippen LogP contribution is -2.63. The van der Waals surface area contributed by atoms with Crippen LogP contribution < -0.4 is 18.9 Å². The molecule has 0 amide bonds. The predicted molar refractivity (Wildman–Crippen MR) is 139 cm³/mol. The van der Waals surface area contributed by atoms with Crippen molar-refractivity contribution in [2.45, 2.75) is 62.2 Å². The quantitative estimate of drug-likeness (QED) is 0.392. The van der Waals surface area contributed by atoms with Crippen LogP contribution >= 0.6 is 0 Å². The number of aliphatic hydroxyl groups is 3. The van der Waals surface area contributed by atoms with E-state index in [-0.39, 0.29) is 37.3 Å². The van der Waals surface area contributed by atoms with Crippen LogP contribution in [0.2, 0.25) is 0 Å². The van der Waals surface area contributed by atoms with E-state index >= 15 is 0 Å². The molecule has 11 atom stereocenters. The smallest absolute Gasteiger partial charge is 0.231 e. The fourth-order valence-electron chi connectivity index (χ4n) is 6.90. The molecule has 5 aliphatic rings. The van der Waals surface area contributed by atoms with Crippen LogP contribution in [0.1, 0.15) is 35.6 Å². The summed E-state index contributed by atoms with van der Waals surface area (Å²) in [5.74, 6) is -0.0680. The lowest BCUT2D eigenvalue weighted by Gasteiger charge is -2.48. The summed E-state index contributed by atoms with van der Waals surface area (Å²) in [6.45, 7) is 2.07. The van der Waals surface area contributed by atoms with Crippen LogP contribution in [0.25, 0.3) is 0 Å². The Balaban J connectivity index is 1.31. The van der Waals surface area contributed by atoms with Gasteiger partial charge in [0, 0.05) is 17.8 Å². The maximum atomic E-state index is 11.2. The third-order valence-corrected chi connectivity index (χ3v) is 8.90. The first-order valence-corrected chi connectivity index (χ1v) is 13.9. The summed E-state index contributed by atoms with van der Waals surface area (Å²) >= 11 is 0. The zero-order valence-electron chi connectivity index (χ0n) is 23.2. The molecule has 7 rings (SSSR count). The van der Waals surface area contributed by atoms with Gasteiger partial charge in [-0.2, -0.15) is 0 Å². The molecule has 42 heavy (non-hydrogen) atoms. The van der Waals surface area contributed by atoms with Crippen LogP contribution in [0.4, 0.5) is 0 Å². The second-order valence-electron chi connectivity index (χ2n) is 11.1. The molecule has 13 heteroatoms. The molecule has 2 aromatic carbocycles. The number of phenolic OH excluding ortho intramolecular Hbond substituents is 1. The van der Waals surface area contributed by atoms with Gasteiger partial charge >= 0.3 is 0 Å². The van der Waals surface area contributed by atoms with E-state index in [9.17, 15) is 20.4 Å². The van der Waals surface area contributed by atoms with Gasteiger partial charge in [-0.05, 0) is 47.9 Å². The molecule has 4 N–H and O–H groups in total. The zero-order valence-corrected chi connectivity index (χ0v) is 23.2. The van der Waals surface area contributed by atoms with Gasteiger partial charge in [0.25, 0.3) is 0 Å². The molecule has 4 heterocycles. The van der Waals surface area contributed by atoms with E-state index in [1.807, 2.05) is 12.1 Å². The van der Waals surface area contributed by atoms with Gasteiger partial charge in [0.15, 0.2) is 41.9 Å². The van der Waals surface area contributed by atoms with Crippen LogP contribution in [-0.2, 0) is 23.7 Å². The Morgan fingerprint density at radius 3 is 2.21 bits per heavy atom. The molecule has 0 spiro atoms. The summed E-state index contributed by atoms with van der Waals surface area (Å²) in [4.78, 5) is 0. The summed E-state index contributed by atoms with van der Waals surface area (Å²) in [6.07, 6.45) is -7.79. The molecule has 0 saturated carbocycles. The predicted octanol–water partition coefficient (Wildman–Crippen LogP) is 1.13. The number of benzene rings is 2. The van der Waals surface area contributed by atoms with Crippen molar-refractivity contribution >= 4 is 0 Å². The maximum absolute atomic E-state index is 11.2. The first-order chi connectivity index (χ1) is 20.3. The highest BCUT2D eigenvalue weighted by molar-refractivity contribution is 5.58. The minimum atomic E-state index is -1.41. The van der Waals surface area contributed by atoms with E-state index in [0.717, 1.165) is 5.56 Å². The number of fused-ring (bicyclic) bond motifs is 4. The Morgan fingerprint density at radius 2 is 1.52 bits per heavy atom. The topological polar surface area (TPSA) is 164 Å². The molecule has 7 unspecified atom stereocenters. The van der Waals surface area contributed by atoms with Gasteiger partial charge in [0.2, 0.25) is 12.5 Å². The fraction of sp³-hybridized carbons (Fsp3) is 0.586. The second kappa shape index (κ2) is 10.7. The first kappa shape index (κ1) is 27.9. The number of aromatic hydroxyl groups is 1. The Kier molecular flexibility index (Phi) is 7.10. The van der Waals surface area contributed by atoms with Crippen molar-refractivity contribution in [2.24, 2.45) is 11.8 Å². The molecule has 2 aromatic rings. The lowest BCUT2D eigenvalue weighted by molar-refractivity contribution is -0.364. The van der Waals surface area contributed by atoms with Gasteiger partial charge in [0.1, 0.15) is 24.4 Å². The van der Waals surface area contributed by atoms with E-state index in [1.54, 1.807) is 19.1 Å². The van der Waals surface area contributed by atoms with E-state index in [0.29, 0.717) is 22.6 Å². The Hall–Kier alpha value is -2.88. The van der Waals surface area contributed by atoms with E-state index in [1.165, 1.54) is 14.2 Å². The molecular weight excluding hydrogens is 556 g/mol. The number of methoxy groups -OCH3 is 2. The number of rotatable bonds is 5. The highest BCUT2D eigenvalue weighted by Crippen LogP contribution is 2.57. The van der Waals surface area contributed by atoms with Crippen molar-refractivity contribution in [3.05, 3.63) is 41.0 Å². The van der Waals surface area contributed by atoms with Gasteiger partial charge in [-0.1, -0.05) is 0 Å². The van der Waals surface area contributed by atoms with Gasteiger partial charge in [-0.3, -0.25) is 0 Å². The Bertz CT molecular complexity index is 1310. The molecule has 3 saturated heterocycles. The number of aliphatic hydroxyl groups excluding tert-OH is 3. The van der Waals surface area contributed by atoms with E-state index in [2.05, 4.69) is 0 Å². The summed E-state index contributed by atoms with van der Waals surface area (Å²) < 4.78 is 51.9. The highest BCUT2D eigenvalue weighted by atomic mass is 16.8.